The van der Waals surface area contributed by atoms with Crippen LogP contribution in [0.25, 0.3) is 11.0 Å². The third-order valence-electron chi connectivity index (χ3n) is 5.00. The predicted molar refractivity (Wildman–Crippen MR) is 122 cm³/mol. The van der Waals surface area contributed by atoms with Gasteiger partial charge in [0.25, 0.3) is 0 Å². The van der Waals surface area contributed by atoms with Gasteiger partial charge in [0.1, 0.15) is 5.82 Å². The molecule has 0 spiro atoms. The summed E-state index contributed by atoms with van der Waals surface area (Å²) < 4.78 is 2.09. The number of halogens is 2. The van der Waals surface area contributed by atoms with Gasteiger partial charge in [0, 0.05) is 16.5 Å². The fraction of sp³-hybridized carbons (Fsp3) is 0.167. The van der Waals surface area contributed by atoms with Crippen molar-refractivity contribution >= 4 is 40.1 Å². The molecule has 0 saturated carbocycles. The van der Waals surface area contributed by atoms with Crippen LogP contribution in [0.4, 0.5) is 0 Å². The minimum Gasteiger partial charge on any atom is -0.349 e. The number of aryl methyl sites for hydroxylation is 1. The first-order valence-electron chi connectivity index (χ1n) is 9.79. The molecule has 0 aliphatic heterocycles. The molecule has 6 heteroatoms. The van der Waals surface area contributed by atoms with Gasteiger partial charge in [-0.1, -0.05) is 71.7 Å². The number of amides is 1. The van der Waals surface area contributed by atoms with Crippen molar-refractivity contribution in [3.05, 3.63) is 99.8 Å². The third kappa shape index (κ3) is 4.84. The molecule has 3 aromatic carbocycles. The molecule has 4 aromatic rings. The van der Waals surface area contributed by atoms with E-state index in [1.165, 1.54) is 0 Å². The summed E-state index contributed by atoms with van der Waals surface area (Å²) in [4.78, 5) is 17.1. The Morgan fingerprint density at radius 1 is 0.967 bits per heavy atom. The fourth-order valence-electron chi connectivity index (χ4n) is 3.43. The van der Waals surface area contributed by atoms with Gasteiger partial charge in [0.05, 0.1) is 24.1 Å². The van der Waals surface area contributed by atoms with Gasteiger partial charge in [-0.25, -0.2) is 4.98 Å². The average molecular weight is 438 g/mol. The van der Waals surface area contributed by atoms with E-state index >= 15 is 0 Å². The molecule has 1 amide bonds. The topological polar surface area (TPSA) is 46.9 Å². The van der Waals surface area contributed by atoms with Gasteiger partial charge in [-0.3, -0.25) is 4.79 Å². The van der Waals surface area contributed by atoms with Gasteiger partial charge in [-0.05, 0) is 41.8 Å². The van der Waals surface area contributed by atoms with E-state index < -0.39 is 0 Å². The summed E-state index contributed by atoms with van der Waals surface area (Å²) in [5.41, 5.74) is 3.98. The third-order valence-corrected chi connectivity index (χ3v) is 5.59. The van der Waals surface area contributed by atoms with Crippen LogP contribution in [0.15, 0.2) is 72.8 Å². The van der Waals surface area contributed by atoms with Gasteiger partial charge in [-0.15, -0.1) is 0 Å². The van der Waals surface area contributed by atoms with Crippen LogP contribution in [0.1, 0.15) is 23.4 Å². The molecular weight excluding hydrogens is 417 g/mol. The molecule has 0 unspecified atom stereocenters. The quantitative estimate of drug-likeness (QED) is 0.406. The Hall–Kier alpha value is -2.82. The normalized spacial score (nSPS) is 11.0. The van der Waals surface area contributed by atoms with Crippen molar-refractivity contribution in [1.82, 2.24) is 14.9 Å². The van der Waals surface area contributed by atoms with Gasteiger partial charge in [-0.2, -0.15) is 0 Å². The number of aromatic nitrogens is 2. The van der Waals surface area contributed by atoms with E-state index in [1.54, 1.807) is 6.07 Å². The number of carbonyl (C=O) groups excluding carboxylic acids is 1. The minimum absolute atomic E-state index is 0.00184. The number of rotatable bonds is 7. The standard InChI is InChI=1S/C24H21Cl2N3O/c25-19-12-11-18(20(26)14-19)16-29-22-9-5-4-8-21(22)28-23(29)15-27-24(30)13-10-17-6-2-1-3-7-17/h1-9,11-12,14H,10,13,15-16H2,(H,27,30). The van der Waals surface area contributed by atoms with Crippen molar-refractivity contribution in [3.8, 4) is 0 Å². The van der Waals surface area contributed by atoms with Gasteiger partial charge < -0.3 is 9.88 Å². The highest BCUT2D eigenvalue weighted by molar-refractivity contribution is 6.35. The lowest BCUT2D eigenvalue weighted by Gasteiger charge is -2.12. The van der Waals surface area contributed by atoms with Crippen LogP contribution in [0.3, 0.4) is 0 Å². The second-order valence-corrected chi connectivity index (χ2v) is 7.94. The van der Waals surface area contributed by atoms with Crippen molar-refractivity contribution in [2.45, 2.75) is 25.9 Å². The first-order valence-corrected chi connectivity index (χ1v) is 10.5. The van der Waals surface area contributed by atoms with E-state index in [-0.39, 0.29) is 5.91 Å². The van der Waals surface area contributed by atoms with Gasteiger partial charge in [0.15, 0.2) is 0 Å². The number of fused-ring (bicyclic) bond motifs is 1. The highest BCUT2D eigenvalue weighted by atomic mass is 35.5. The summed E-state index contributed by atoms with van der Waals surface area (Å²) >= 11 is 12.4. The Morgan fingerprint density at radius 3 is 2.53 bits per heavy atom. The fourth-order valence-corrected chi connectivity index (χ4v) is 3.89. The Bertz CT molecular complexity index is 1170. The summed E-state index contributed by atoms with van der Waals surface area (Å²) in [7, 11) is 0. The lowest BCUT2D eigenvalue weighted by atomic mass is 10.1. The van der Waals surface area contributed by atoms with Crippen LogP contribution in [-0.4, -0.2) is 15.5 Å². The van der Waals surface area contributed by atoms with Crippen molar-refractivity contribution in [1.29, 1.82) is 0 Å². The summed E-state index contributed by atoms with van der Waals surface area (Å²) in [6.45, 7) is 0.902. The zero-order valence-corrected chi connectivity index (χ0v) is 17.8. The number of hydrogen-bond donors (Lipinski definition) is 1. The summed E-state index contributed by atoms with van der Waals surface area (Å²) in [6, 6.07) is 23.4. The molecule has 1 N–H and O–H groups in total. The molecule has 30 heavy (non-hydrogen) atoms. The molecule has 1 heterocycles. The number of imidazole rings is 1. The van der Waals surface area contributed by atoms with E-state index in [0.717, 1.165) is 28.0 Å². The Labute approximate surface area is 185 Å². The molecular formula is C24H21Cl2N3O. The lowest BCUT2D eigenvalue weighted by Crippen LogP contribution is -2.25. The van der Waals surface area contributed by atoms with E-state index in [0.29, 0.717) is 36.0 Å². The number of nitrogens with one attached hydrogen (secondary N) is 1. The Morgan fingerprint density at radius 2 is 1.73 bits per heavy atom. The second-order valence-electron chi connectivity index (χ2n) is 7.10. The first-order chi connectivity index (χ1) is 14.6. The minimum atomic E-state index is 0.00184. The maximum absolute atomic E-state index is 12.4. The van der Waals surface area contributed by atoms with Crippen LogP contribution >= 0.6 is 23.2 Å². The van der Waals surface area contributed by atoms with Gasteiger partial charge >= 0.3 is 0 Å². The maximum Gasteiger partial charge on any atom is 0.220 e. The van der Waals surface area contributed by atoms with Crippen LogP contribution < -0.4 is 5.32 Å². The zero-order valence-electron chi connectivity index (χ0n) is 16.3. The number of para-hydroxylation sites is 2. The Kier molecular flexibility index (Phi) is 6.36. The molecule has 0 aliphatic rings. The molecule has 0 saturated heterocycles. The number of carbonyl (C=O) groups is 1. The van der Waals surface area contributed by atoms with Crippen LogP contribution in [0.2, 0.25) is 10.0 Å². The van der Waals surface area contributed by atoms with E-state index in [9.17, 15) is 4.79 Å². The monoisotopic (exact) mass is 437 g/mol. The number of hydrogen-bond acceptors (Lipinski definition) is 2. The SMILES string of the molecule is O=C(CCc1ccccc1)NCc1nc2ccccc2n1Cc1ccc(Cl)cc1Cl. The maximum atomic E-state index is 12.4. The highest BCUT2D eigenvalue weighted by Crippen LogP contribution is 2.24. The molecule has 0 atom stereocenters. The summed E-state index contributed by atoms with van der Waals surface area (Å²) in [5, 5.41) is 4.22. The molecule has 152 valence electrons. The molecule has 0 radical (unpaired) electrons. The molecule has 0 aliphatic carbocycles. The van der Waals surface area contributed by atoms with E-state index in [2.05, 4.69) is 9.88 Å². The van der Waals surface area contributed by atoms with Crippen molar-refractivity contribution in [3.63, 3.8) is 0 Å². The molecule has 0 fully saturated rings. The highest BCUT2D eigenvalue weighted by Gasteiger charge is 2.13. The zero-order chi connectivity index (χ0) is 20.9. The van der Waals surface area contributed by atoms with Crippen molar-refractivity contribution in [2.24, 2.45) is 0 Å². The molecule has 1 aromatic heterocycles. The van der Waals surface area contributed by atoms with Gasteiger partial charge in [0.2, 0.25) is 5.91 Å². The van der Waals surface area contributed by atoms with E-state index in [4.69, 9.17) is 28.2 Å². The molecule has 0 bridgehead atoms. The smallest absolute Gasteiger partial charge is 0.220 e. The average Bonchev–Trinajstić information content (AvgIpc) is 3.11. The van der Waals surface area contributed by atoms with Crippen LogP contribution in [0, 0.1) is 0 Å². The first kappa shape index (κ1) is 20.5. The number of benzene rings is 3. The van der Waals surface area contributed by atoms with Crippen LogP contribution in [-0.2, 0) is 24.3 Å². The molecule has 4 rings (SSSR count). The second kappa shape index (κ2) is 9.33. The van der Waals surface area contributed by atoms with E-state index in [1.807, 2.05) is 66.7 Å². The summed E-state index contributed by atoms with van der Waals surface area (Å²) in [6.07, 6.45) is 1.15. The summed E-state index contributed by atoms with van der Waals surface area (Å²) in [5.74, 6) is 0.789. The predicted octanol–water partition coefficient (Wildman–Crippen LogP) is 5.64. The number of nitrogens with zero attached hydrogens (tertiary/aromatic N) is 2. The van der Waals surface area contributed by atoms with Crippen LogP contribution in [0.5, 0.6) is 0 Å². The Balaban J connectivity index is 1.50. The lowest BCUT2D eigenvalue weighted by molar-refractivity contribution is -0.121. The molecule has 4 nitrogen and oxygen atoms in total. The largest absolute Gasteiger partial charge is 0.349 e. The van der Waals surface area contributed by atoms with Crippen molar-refractivity contribution in [2.75, 3.05) is 0 Å². The van der Waals surface area contributed by atoms with Crippen molar-refractivity contribution < 1.29 is 4.79 Å².